The molecule has 0 saturated carbocycles. The van der Waals surface area contributed by atoms with Crippen LogP contribution < -0.4 is 15.4 Å². The van der Waals surface area contributed by atoms with Crippen LogP contribution in [0.3, 0.4) is 0 Å². The molecule has 2 amide bonds. The fraction of sp³-hybridized carbons (Fsp3) is 0.0400. The number of ether oxygens (including phenoxy) is 1. The number of carbonyl (C=O) groups excluding carboxylic acids is 2. The lowest BCUT2D eigenvalue weighted by molar-refractivity contribution is 0.102. The Kier molecular flexibility index (Phi) is 5.44. The number of methoxy groups -OCH3 is 1. The van der Waals surface area contributed by atoms with Gasteiger partial charge in [-0.15, -0.1) is 0 Å². The Morgan fingerprint density at radius 3 is 2.07 bits per heavy atom. The van der Waals surface area contributed by atoms with Crippen molar-refractivity contribution in [3.63, 3.8) is 0 Å². The first-order valence-corrected chi connectivity index (χ1v) is 9.48. The first-order valence-electron chi connectivity index (χ1n) is 9.48. The predicted molar refractivity (Wildman–Crippen MR) is 119 cm³/mol. The van der Waals surface area contributed by atoms with Crippen molar-refractivity contribution in [2.45, 2.75) is 0 Å². The van der Waals surface area contributed by atoms with Gasteiger partial charge in [-0.3, -0.25) is 9.59 Å². The lowest BCUT2D eigenvalue weighted by Gasteiger charge is -2.10. The van der Waals surface area contributed by atoms with Gasteiger partial charge in [0.15, 0.2) is 0 Å². The van der Waals surface area contributed by atoms with Crippen molar-refractivity contribution >= 4 is 34.0 Å². The number of hydrogen-bond donors (Lipinski definition) is 2. The van der Waals surface area contributed by atoms with Crippen molar-refractivity contribution in [1.82, 2.24) is 0 Å². The van der Waals surface area contributed by atoms with E-state index in [2.05, 4.69) is 10.6 Å². The Hall–Kier alpha value is -4.12. The second-order valence-electron chi connectivity index (χ2n) is 6.75. The first-order chi connectivity index (χ1) is 14.6. The highest BCUT2D eigenvalue weighted by Crippen LogP contribution is 2.24. The van der Waals surface area contributed by atoms with Crippen molar-refractivity contribution in [1.29, 1.82) is 0 Å². The van der Waals surface area contributed by atoms with Crippen LogP contribution in [0.4, 0.5) is 11.4 Å². The Labute approximate surface area is 174 Å². The monoisotopic (exact) mass is 396 g/mol. The van der Waals surface area contributed by atoms with E-state index in [1.165, 1.54) is 0 Å². The molecule has 0 aromatic heterocycles. The van der Waals surface area contributed by atoms with Gasteiger partial charge in [-0.25, -0.2) is 0 Å². The lowest BCUT2D eigenvalue weighted by atomic mass is 10.1. The van der Waals surface area contributed by atoms with Crippen LogP contribution in [-0.4, -0.2) is 18.9 Å². The Morgan fingerprint density at radius 2 is 1.30 bits per heavy atom. The van der Waals surface area contributed by atoms with Gasteiger partial charge in [0.05, 0.1) is 12.8 Å². The predicted octanol–water partition coefficient (Wildman–Crippen LogP) is 5.35. The van der Waals surface area contributed by atoms with E-state index in [1.54, 1.807) is 49.6 Å². The number of nitrogens with one attached hydrogen (secondary N) is 2. The van der Waals surface area contributed by atoms with E-state index in [0.717, 1.165) is 10.8 Å². The molecule has 0 radical (unpaired) electrons. The maximum Gasteiger partial charge on any atom is 0.255 e. The van der Waals surface area contributed by atoms with Gasteiger partial charge in [0.25, 0.3) is 11.8 Å². The van der Waals surface area contributed by atoms with E-state index in [4.69, 9.17) is 4.74 Å². The Bertz CT molecular complexity index is 1220. The van der Waals surface area contributed by atoms with Gasteiger partial charge >= 0.3 is 0 Å². The average Bonchev–Trinajstić information content (AvgIpc) is 2.79. The summed E-state index contributed by atoms with van der Waals surface area (Å²) >= 11 is 0. The fourth-order valence-electron chi connectivity index (χ4n) is 3.18. The summed E-state index contributed by atoms with van der Waals surface area (Å²) in [5, 5.41) is 7.79. The summed E-state index contributed by atoms with van der Waals surface area (Å²) in [5.74, 6) is 0.129. The minimum Gasteiger partial charge on any atom is -0.495 e. The molecule has 0 heterocycles. The SMILES string of the molecule is COc1ccccc1NC(=O)c1ccc(NC(=O)c2ccc3ccccc3c2)cc1. The van der Waals surface area contributed by atoms with E-state index < -0.39 is 0 Å². The molecule has 0 unspecified atom stereocenters. The van der Waals surface area contributed by atoms with Crippen molar-refractivity contribution < 1.29 is 14.3 Å². The minimum absolute atomic E-state index is 0.202. The van der Waals surface area contributed by atoms with Crippen molar-refractivity contribution in [2.75, 3.05) is 17.7 Å². The second-order valence-corrected chi connectivity index (χ2v) is 6.75. The van der Waals surface area contributed by atoms with Gasteiger partial charge < -0.3 is 15.4 Å². The zero-order chi connectivity index (χ0) is 20.9. The van der Waals surface area contributed by atoms with Crippen LogP contribution in [0.2, 0.25) is 0 Å². The number of hydrogen-bond acceptors (Lipinski definition) is 3. The number of benzene rings is 4. The zero-order valence-corrected chi connectivity index (χ0v) is 16.4. The summed E-state index contributed by atoms with van der Waals surface area (Å²) in [7, 11) is 1.55. The summed E-state index contributed by atoms with van der Waals surface area (Å²) in [5.41, 5.74) is 2.26. The van der Waals surface area contributed by atoms with E-state index in [0.29, 0.717) is 28.3 Å². The molecule has 0 aliphatic heterocycles. The molecule has 30 heavy (non-hydrogen) atoms. The number of rotatable bonds is 5. The quantitative estimate of drug-likeness (QED) is 0.478. The van der Waals surface area contributed by atoms with Crippen LogP contribution >= 0.6 is 0 Å². The van der Waals surface area contributed by atoms with Gasteiger partial charge in [-0.05, 0) is 59.3 Å². The van der Waals surface area contributed by atoms with Crippen LogP contribution in [0.25, 0.3) is 10.8 Å². The molecule has 0 saturated heterocycles. The lowest BCUT2D eigenvalue weighted by Crippen LogP contribution is -2.14. The smallest absolute Gasteiger partial charge is 0.255 e. The van der Waals surface area contributed by atoms with E-state index in [9.17, 15) is 9.59 Å². The fourth-order valence-corrected chi connectivity index (χ4v) is 3.18. The Balaban J connectivity index is 1.45. The summed E-state index contributed by atoms with van der Waals surface area (Å²) in [6.45, 7) is 0. The molecule has 0 bridgehead atoms. The first kappa shape index (κ1) is 19.2. The van der Waals surface area contributed by atoms with Crippen LogP contribution in [0.5, 0.6) is 5.75 Å². The van der Waals surface area contributed by atoms with Crippen molar-refractivity contribution in [2.24, 2.45) is 0 Å². The normalized spacial score (nSPS) is 10.4. The molecule has 5 heteroatoms. The standard InChI is InChI=1S/C25H20N2O3/c1-30-23-9-5-4-8-22(23)27-24(28)18-12-14-21(15-13-18)26-25(29)20-11-10-17-6-2-3-7-19(17)16-20/h2-16H,1H3,(H,26,29)(H,27,28). The largest absolute Gasteiger partial charge is 0.495 e. The summed E-state index contributed by atoms with van der Waals surface area (Å²) in [6, 6.07) is 27.4. The highest BCUT2D eigenvalue weighted by Gasteiger charge is 2.11. The van der Waals surface area contributed by atoms with E-state index in [-0.39, 0.29) is 11.8 Å². The van der Waals surface area contributed by atoms with E-state index in [1.807, 2.05) is 48.5 Å². The summed E-state index contributed by atoms with van der Waals surface area (Å²) in [6.07, 6.45) is 0. The molecular weight excluding hydrogens is 376 g/mol. The van der Waals surface area contributed by atoms with Gasteiger partial charge in [-0.1, -0.05) is 42.5 Å². The zero-order valence-electron chi connectivity index (χ0n) is 16.4. The van der Waals surface area contributed by atoms with E-state index >= 15 is 0 Å². The minimum atomic E-state index is -0.257. The number of fused-ring (bicyclic) bond motifs is 1. The molecule has 4 rings (SSSR count). The molecule has 0 fully saturated rings. The molecule has 0 spiro atoms. The molecule has 4 aromatic rings. The number of carbonyl (C=O) groups is 2. The number of para-hydroxylation sites is 2. The van der Waals surface area contributed by atoms with Gasteiger partial charge in [0.1, 0.15) is 5.75 Å². The molecule has 5 nitrogen and oxygen atoms in total. The average molecular weight is 396 g/mol. The van der Waals surface area contributed by atoms with Crippen LogP contribution in [0.15, 0.2) is 91.0 Å². The van der Waals surface area contributed by atoms with Gasteiger partial charge in [-0.2, -0.15) is 0 Å². The second kappa shape index (κ2) is 8.49. The highest BCUT2D eigenvalue weighted by atomic mass is 16.5. The molecule has 0 aliphatic carbocycles. The van der Waals surface area contributed by atoms with Crippen LogP contribution in [0, 0.1) is 0 Å². The molecule has 4 aromatic carbocycles. The van der Waals surface area contributed by atoms with Crippen LogP contribution in [-0.2, 0) is 0 Å². The molecule has 148 valence electrons. The summed E-state index contributed by atoms with van der Waals surface area (Å²) in [4.78, 5) is 25.1. The maximum absolute atomic E-state index is 12.6. The van der Waals surface area contributed by atoms with Crippen molar-refractivity contribution in [3.8, 4) is 5.75 Å². The Morgan fingerprint density at radius 1 is 0.667 bits per heavy atom. The number of amides is 2. The third kappa shape index (κ3) is 4.15. The van der Waals surface area contributed by atoms with Crippen molar-refractivity contribution in [3.05, 3.63) is 102 Å². The maximum atomic E-state index is 12.6. The van der Waals surface area contributed by atoms with Gasteiger partial charge in [0.2, 0.25) is 0 Å². The van der Waals surface area contributed by atoms with Gasteiger partial charge in [0, 0.05) is 16.8 Å². The highest BCUT2D eigenvalue weighted by molar-refractivity contribution is 6.07. The third-order valence-electron chi connectivity index (χ3n) is 4.77. The third-order valence-corrected chi connectivity index (χ3v) is 4.77. The van der Waals surface area contributed by atoms with Crippen LogP contribution in [0.1, 0.15) is 20.7 Å². The molecule has 0 aliphatic rings. The summed E-state index contributed by atoms with van der Waals surface area (Å²) < 4.78 is 5.25. The molecule has 0 atom stereocenters. The number of anilines is 2. The molecule has 2 N–H and O–H groups in total. The molecular formula is C25H20N2O3. The topological polar surface area (TPSA) is 67.4 Å².